The molecule has 2 aromatic rings. The Bertz CT molecular complexity index is 694. The van der Waals surface area contributed by atoms with Crippen LogP contribution in [0.5, 0.6) is 5.75 Å². The summed E-state index contributed by atoms with van der Waals surface area (Å²) in [5.41, 5.74) is 0.627. The van der Waals surface area contributed by atoms with Gasteiger partial charge in [-0.3, -0.25) is 4.31 Å². The fourth-order valence-corrected chi connectivity index (χ4v) is 3.67. The van der Waals surface area contributed by atoms with E-state index < -0.39 is 10.0 Å². The largest absolute Gasteiger partial charge is 0.491 e. The fourth-order valence-electron chi connectivity index (χ4n) is 2.17. The normalized spacial score (nSPS) is 11.5. The first-order valence-electron chi connectivity index (χ1n) is 7.29. The molecule has 0 aliphatic rings. The SMILES string of the molecule is CCN(c1ccc(OC(C)C)cc1)S(=O)(=O)c1ccccc1. The molecule has 0 aliphatic heterocycles. The highest BCUT2D eigenvalue weighted by atomic mass is 32.2. The maximum atomic E-state index is 12.7. The Morgan fingerprint density at radius 2 is 1.59 bits per heavy atom. The number of rotatable bonds is 6. The summed E-state index contributed by atoms with van der Waals surface area (Å²) >= 11 is 0. The lowest BCUT2D eigenvalue weighted by molar-refractivity contribution is 0.242. The van der Waals surface area contributed by atoms with E-state index in [4.69, 9.17) is 4.74 Å². The maximum absolute atomic E-state index is 12.7. The molecule has 0 aliphatic carbocycles. The van der Waals surface area contributed by atoms with Crippen LogP contribution in [0.3, 0.4) is 0 Å². The Labute approximate surface area is 132 Å². The highest BCUT2D eigenvalue weighted by molar-refractivity contribution is 7.92. The molecule has 4 nitrogen and oxygen atoms in total. The molecule has 0 bridgehead atoms. The van der Waals surface area contributed by atoms with E-state index in [0.29, 0.717) is 17.1 Å². The van der Waals surface area contributed by atoms with Crippen molar-refractivity contribution in [1.29, 1.82) is 0 Å². The van der Waals surface area contributed by atoms with Crippen LogP contribution in [0.4, 0.5) is 5.69 Å². The average molecular weight is 319 g/mol. The van der Waals surface area contributed by atoms with Crippen molar-refractivity contribution < 1.29 is 13.2 Å². The summed E-state index contributed by atoms with van der Waals surface area (Å²) in [6, 6.07) is 15.6. The van der Waals surface area contributed by atoms with Gasteiger partial charge in [-0.25, -0.2) is 8.42 Å². The minimum absolute atomic E-state index is 0.0844. The minimum Gasteiger partial charge on any atom is -0.491 e. The average Bonchev–Trinajstić information content (AvgIpc) is 2.50. The Morgan fingerprint density at radius 3 is 2.09 bits per heavy atom. The first kappa shape index (κ1) is 16.4. The van der Waals surface area contributed by atoms with E-state index in [1.807, 2.05) is 20.8 Å². The van der Waals surface area contributed by atoms with E-state index in [1.165, 1.54) is 4.31 Å². The van der Waals surface area contributed by atoms with Gasteiger partial charge in [0.05, 0.1) is 16.7 Å². The Hall–Kier alpha value is -2.01. The van der Waals surface area contributed by atoms with E-state index in [9.17, 15) is 8.42 Å². The molecule has 0 amide bonds. The summed E-state index contributed by atoms with van der Waals surface area (Å²) in [4.78, 5) is 0.291. The number of benzene rings is 2. The van der Waals surface area contributed by atoms with Crippen molar-refractivity contribution in [2.45, 2.75) is 31.8 Å². The second-order valence-electron chi connectivity index (χ2n) is 5.14. The molecule has 118 valence electrons. The number of sulfonamides is 1. The second-order valence-corrected chi connectivity index (χ2v) is 7.01. The molecule has 0 unspecified atom stereocenters. The van der Waals surface area contributed by atoms with Crippen LogP contribution in [0, 0.1) is 0 Å². The molecule has 0 radical (unpaired) electrons. The van der Waals surface area contributed by atoms with Gasteiger partial charge in [-0.05, 0) is 57.2 Å². The number of anilines is 1. The predicted octanol–water partition coefficient (Wildman–Crippen LogP) is 3.69. The summed E-state index contributed by atoms with van der Waals surface area (Å²) < 4.78 is 32.4. The quantitative estimate of drug-likeness (QED) is 0.816. The third-order valence-electron chi connectivity index (χ3n) is 3.11. The zero-order valence-corrected chi connectivity index (χ0v) is 13.9. The zero-order valence-electron chi connectivity index (χ0n) is 13.1. The van der Waals surface area contributed by atoms with Crippen molar-refractivity contribution in [3.63, 3.8) is 0 Å². The second kappa shape index (κ2) is 6.83. The van der Waals surface area contributed by atoms with Crippen LogP contribution >= 0.6 is 0 Å². The summed E-state index contributed by atoms with van der Waals surface area (Å²) in [5, 5.41) is 0. The third-order valence-corrected chi connectivity index (χ3v) is 5.03. The molecule has 2 rings (SSSR count). The highest BCUT2D eigenvalue weighted by Gasteiger charge is 2.23. The Balaban J connectivity index is 2.32. The van der Waals surface area contributed by atoms with Gasteiger partial charge < -0.3 is 4.74 Å². The Kier molecular flexibility index (Phi) is 5.08. The molecule has 0 N–H and O–H groups in total. The zero-order chi connectivity index (χ0) is 16.2. The fraction of sp³-hybridized carbons (Fsp3) is 0.294. The van der Waals surface area contributed by atoms with Crippen molar-refractivity contribution in [2.24, 2.45) is 0 Å². The van der Waals surface area contributed by atoms with Gasteiger partial charge in [-0.1, -0.05) is 18.2 Å². The van der Waals surface area contributed by atoms with Gasteiger partial charge in [-0.2, -0.15) is 0 Å². The van der Waals surface area contributed by atoms with E-state index in [-0.39, 0.29) is 6.10 Å². The number of hydrogen-bond donors (Lipinski definition) is 0. The molecular formula is C17H21NO3S. The van der Waals surface area contributed by atoms with E-state index in [2.05, 4.69) is 0 Å². The molecule has 0 spiro atoms. The number of hydrogen-bond acceptors (Lipinski definition) is 3. The molecule has 5 heteroatoms. The molecular weight excluding hydrogens is 298 g/mol. The van der Waals surface area contributed by atoms with E-state index in [1.54, 1.807) is 54.6 Å². The minimum atomic E-state index is -3.55. The lowest BCUT2D eigenvalue weighted by Crippen LogP contribution is -2.30. The van der Waals surface area contributed by atoms with Crippen molar-refractivity contribution in [3.05, 3.63) is 54.6 Å². The van der Waals surface area contributed by atoms with Crippen LogP contribution in [-0.4, -0.2) is 21.1 Å². The van der Waals surface area contributed by atoms with Crippen LogP contribution in [0.15, 0.2) is 59.5 Å². The smallest absolute Gasteiger partial charge is 0.264 e. The lowest BCUT2D eigenvalue weighted by Gasteiger charge is -2.23. The van der Waals surface area contributed by atoms with Crippen molar-refractivity contribution in [1.82, 2.24) is 0 Å². The molecule has 0 saturated heterocycles. The van der Waals surface area contributed by atoms with Crippen LogP contribution in [0.25, 0.3) is 0 Å². The first-order valence-corrected chi connectivity index (χ1v) is 8.73. The molecule has 0 heterocycles. The van der Waals surface area contributed by atoms with Crippen LogP contribution in [0.2, 0.25) is 0 Å². The lowest BCUT2D eigenvalue weighted by atomic mass is 10.3. The van der Waals surface area contributed by atoms with Crippen LogP contribution in [-0.2, 0) is 10.0 Å². The standard InChI is InChI=1S/C17H21NO3S/c1-4-18(22(19,20)17-8-6-5-7-9-17)15-10-12-16(13-11-15)21-14(2)3/h5-14H,4H2,1-3H3. The Morgan fingerprint density at radius 1 is 1.00 bits per heavy atom. The van der Waals surface area contributed by atoms with Crippen LogP contribution in [0.1, 0.15) is 20.8 Å². The van der Waals surface area contributed by atoms with Gasteiger partial charge in [0.1, 0.15) is 5.75 Å². The monoisotopic (exact) mass is 319 g/mol. The topological polar surface area (TPSA) is 46.6 Å². The number of nitrogens with zero attached hydrogens (tertiary/aromatic N) is 1. The van der Waals surface area contributed by atoms with Crippen molar-refractivity contribution in [2.75, 3.05) is 10.8 Å². The van der Waals surface area contributed by atoms with Crippen molar-refractivity contribution in [3.8, 4) is 5.75 Å². The molecule has 0 fully saturated rings. The summed E-state index contributed by atoms with van der Waals surface area (Å²) in [6.45, 7) is 6.08. The molecule has 22 heavy (non-hydrogen) atoms. The summed E-state index contributed by atoms with van der Waals surface area (Å²) in [6.07, 6.45) is 0.0844. The highest BCUT2D eigenvalue weighted by Crippen LogP contribution is 2.25. The maximum Gasteiger partial charge on any atom is 0.264 e. The van der Waals surface area contributed by atoms with Crippen molar-refractivity contribution >= 4 is 15.7 Å². The van der Waals surface area contributed by atoms with Gasteiger partial charge in [-0.15, -0.1) is 0 Å². The third kappa shape index (κ3) is 3.60. The number of ether oxygens (including phenoxy) is 1. The predicted molar refractivity (Wildman–Crippen MR) is 88.9 cm³/mol. The van der Waals surface area contributed by atoms with Gasteiger partial charge in [0.15, 0.2) is 0 Å². The first-order chi connectivity index (χ1) is 10.4. The van der Waals surface area contributed by atoms with Gasteiger partial charge in [0, 0.05) is 6.54 Å². The molecule has 2 aromatic carbocycles. The molecule has 0 saturated carbocycles. The summed E-state index contributed by atoms with van der Waals surface area (Å²) in [5.74, 6) is 0.729. The van der Waals surface area contributed by atoms with Gasteiger partial charge in [0.25, 0.3) is 10.0 Å². The summed E-state index contributed by atoms with van der Waals surface area (Å²) in [7, 11) is -3.55. The van der Waals surface area contributed by atoms with Gasteiger partial charge in [0.2, 0.25) is 0 Å². The molecule has 0 aromatic heterocycles. The van der Waals surface area contributed by atoms with E-state index in [0.717, 1.165) is 5.75 Å². The van der Waals surface area contributed by atoms with Crippen LogP contribution < -0.4 is 9.04 Å². The molecule has 0 atom stereocenters. The van der Waals surface area contributed by atoms with E-state index >= 15 is 0 Å². The van der Waals surface area contributed by atoms with Gasteiger partial charge >= 0.3 is 0 Å².